The predicted molar refractivity (Wildman–Crippen MR) is 51.9 cm³/mol. The summed E-state index contributed by atoms with van der Waals surface area (Å²) in [5, 5.41) is 9.38. The van der Waals surface area contributed by atoms with E-state index in [-0.39, 0.29) is 0 Å². The molecule has 0 spiro atoms. The predicted octanol–water partition coefficient (Wildman–Crippen LogP) is 2.69. The standard InChI is InChI=1S/C11H14O/c1-4-10-7-8(2)5-6-11(10)9(3)12/h4-7,9,12H,1H2,2-3H3. The smallest absolute Gasteiger partial charge is 0.0767 e. The van der Waals surface area contributed by atoms with Gasteiger partial charge in [-0.1, -0.05) is 36.4 Å². The number of aliphatic hydroxyl groups excluding tert-OH is 1. The Kier molecular flexibility index (Phi) is 2.66. The fraction of sp³-hybridized carbons (Fsp3) is 0.273. The summed E-state index contributed by atoms with van der Waals surface area (Å²) < 4.78 is 0. The van der Waals surface area contributed by atoms with Gasteiger partial charge in [0.05, 0.1) is 6.10 Å². The maximum absolute atomic E-state index is 9.38. The maximum Gasteiger partial charge on any atom is 0.0767 e. The molecule has 1 nitrogen and oxygen atoms in total. The summed E-state index contributed by atoms with van der Waals surface area (Å²) in [6, 6.07) is 5.96. The van der Waals surface area contributed by atoms with E-state index in [0.717, 1.165) is 11.1 Å². The van der Waals surface area contributed by atoms with E-state index in [2.05, 4.69) is 6.58 Å². The third-order valence-electron chi connectivity index (χ3n) is 1.91. The Labute approximate surface area is 73.4 Å². The minimum atomic E-state index is -0.418. The monoisotopic (exact) mass is 162 g/mol. The van der Waals surface area contributed by atoms with Crippen molar-refractivity contribution in [3.63, 3.8) is 0 Å². The SMILES string of the molecule is C=Cc1cc(C)ccc1C(C)O. The summed E-state index contributed by atoms with van der Waals surface area (Å²) in [6.07, 6.45) is 1.35. The highest BCUT2D eigenvalue weighted by atomic mass is 16.3. The molecule has 0 bridgehead atoms. The van der Waals surface area contributed by atoms with Crippen molar-refractivity contribution in [2.24, 2.45) is 0 Å². The Morgan fingerprint density at radius 2 is 2.17 bits per heavy atom. The molecular formula is C11H14O. The first-order valence-electron chi connectivity index (χ1n) is 4.06. The van der Waals surface area contributed by atoms with Gasteiger partial charge < -0.3 is 5.11 Å². The van der Waals surface area contributed by atoms with Gasteiger partial charge in [-0.2, -0.15) is 0 Å². The molecule has 0 saturated carbocycles. The number of benzene rings is 1. The van der Waals surface area contributed by atoms with Gasteiger partial charge in [-0.25, -0.2) is 0 Å². The van der Waals surface area contributed by atoms with Crippen molar-refractivity contribution in [1.82, 2.24) is 0 Å². The molecule has 1 rings (SSSR count). The highest BCUT2D eigenvalue weighted by Gasteiger charge is 2.04. The number of aryl methyl sites for hydroxylation is 1. The van der Waals surface area contributed by atoms with E-state index in [9.17, 15) is 5.11 Å². The number of hydrogen-bond acceptors (Lipinski definition) is 1. The van der Waals surface area contributed by atoms with Crippen LogP contribution < -0.4 is 0 Å². The molecule has 1 aromatic rings. The molecule has 0 aliphatic heterocycles. The Morgan fingerprint density at radius 1 is 1.50 bits per heavy atom. The second-order valence-electron chi connectivity index (χ2n) is 3.01. The molecule has 0 aromatic heterocycles. The molecule has 0 radical (unpaired) electrons. The van der Waals surface area contributed by atoms with Gasteiger partial charge in [-0.3, -0.25) is 0 Å². The lowest BCUT2D eigenvalue weighted by molar-refractivity contribution is 0.199. The third kappa shape index (κ3) is 1.74. The van der Waals surface area contributed by atoms with Gasteiger partial charge in [0.25, 0.3) is 0 Å². The Balaban J connectivity index is 3.20. The molecule has 1 unspecified atom stereocenters. The van der Waals surface area contributed by atoms with E-state index in [0.29, 0.717) is 0 Å². The molecular weight excluding hydrogens is 148 g/mol. The zero-order valence-electron chi connectivity index (χ0n) is 7.54. The molecule has 1 aromatic carbocycles. The quantitative estimate of drug-likeness (QED) is 0.708. The lowest BCUT2D eigenvalue weighted by Crippen LogP contribution is -1.94. The average molecular weight is 162 g/mol. The molecule has 1 heteroatoms. The number of hydrogen-bond donors (Lipinski definition) is 1. The third-order valence-corrected chi connectivity index (χ3v) is 1.91. The summed E-state index contributed by atoms with van der Waals surface area (Å²) in [5.41, 5.74) is 3.15. The van der Waals surface area contributed by atoms with E-state index in [4.69, 9.17) is 0 Å². The molecule has 0 aliphatic carbocycles. The molecule has 64 valence electrons. The van der Waals surface area contributed by atoms with Crippen LogP contribution in [0.15, 0.2) is 24.8 Å². The van der Waals surface area contributed by atoms with Gasteiger partial charge in [-0.05, 0) is 25.0 Å². The van der Waals surface area contributed by atoms with Crippen LogP contribution in [-0.2, 0) is 0 Å². The van der Waals surface area contributed by atoms with E-state index in [1.807, 2.05) is 25.1 Å². The normalized spacial score (nSPS) is 12.6. The Hall–Kier alpha value is -1.08. The van der Waals surface area contributed by atoms with Crippen molar-refractivity contribution in [3.05, 3.63) is 41.5 Å². The summed E-state index contributed by atoms with van der Waals surface area (Å²) in [7, 11) is 0. The van der Waals surface area contributed by atoms with Crippen LogP contribution in [-0.4, -0.2) is 5.11 Å². The van der Waals surface area contributed by atoms with Crippen LogP contribution in [0.1, 0.15) is 29.7 Å². The molecule has 0 amide bonds. The van der Waals surface area contributed by atoms with E-state index >= 15 is 0 Å². The van der Waals surface area contributed by atoms with Crippen molar-refractivity contribution in [2.75, 3.05) is 0 Å². The van der Waals surface area contributed by atoms with Crippen molar-refractivity contribution in [3.8, 4) is 0 Å². The molecule has 0 fully saturated rings. The summed E-state index contributed by atoms with van der Waals surface area (Å²) in [6.45, 7) is 7.49. The van der Waals surface area contributed by atoms with Crippen molar-refractivity contribution in [2.45, 2.75) is 20.0 Å². The van der Waals surface area contributed by atoms with Gasteiger partial charge in [0.2, 0.25) is 0 Å². The number of aliphatic hydroxyl groups is 1. The topological polar surface area (TPSA) is 20.2 Å². The summed E-state index contributed by atoms with van der Waals surface area (Å²) >= 11 is 0. The van der Waals surface area contributed by atoms with Gasteiger partial charge in [-0.15, -0.1) is 0 Å². The van der Waals surface area contributed by atoms with Crippen LogP contribution in [0.5, 0.6) is 0 Å². The Bertz CT molecular complexity index is 287. The molecule has 0 saturated heterocycles. The van der Waals surface area contributed by atoms with Crippen molar-refractivity contribution >= 4 is 6.08 Å². The van der Waals surface area contributed by atoms with Gasteiger partial charge in [0.15, 0.2) is 0 Å². The number of rotatable bonds is 2. The molecule has 0 aliphatic rings. The maximum atomic E-state index is 9.38. The lowest BCUT2D eigenvalue weighted by Gasteiger charge is -2.09. The minimum absolute atomic E-state index is 0.418. The molecule has 1 atom stereocenters. The lowest BCUT2D eigenvalue weighted by atomic mass is 10.0. The van der Waals surface area contributed by atoms with Crippen molar-refractivity contribution < 1.29 is 5.11 Å². The van der Waals surface area contributed by atoms with Crippen LogP contribution in [0.4, 0.5) is 0 Å². The highest BCUT2D eigenvalue weighted by Crippen LogP contribution is 2.19. The molecule has 12 heavy (non-hydrogen) atoms. The average Bonchev–Trinajstić information content (AvgIpc) is 2.03. The first kappa shape index (κ1) is 9.01. The van der Waals surface area contributed by atoms with Gasteiger partial charge in [0, 0.05) is 0 Å². The van der Waals surface area contributed by atoms with E-state index < -0.39 is 6.10 Å². The zero-order chi connectivity index (χ0) is 9.14. The molecule has 1 N–H and O–H groups in total. The van der Waals surface area contributed by atoms with E-state index in [1.54, 1.807) is 13.0 Å². The second-order valence-corrected chi connectivity index (χ2v) is 3.01. The highest BCUT2D eigenvalue weighted by molar-refractivity contribution is 5.53. The van der Waals surface area contributed by atoms with Crippen LogP contribution in [0.3, 0.4) is 0 Å². The minimum Gasteiger partial charge on any atom is -0.389 e. The summed E-state index contributed by atoms with van der Waals surface area (Å²) in [4.78, 5) is 0. The summed E-state index contributed by atoms with van der Waals surface area (Å²) in [5.74, 6) is 0. The fourth-order valence-electron chi connectivity index (χ4n) is 1.25. The van der Waals surface area contributed by atoms with Crippen LogP contribution >= 0.6 is 0 Å². The largest absolute Gasteiger partial charge is 0.389 e. The van der Waals surface area contributed by atoms with Crippen LogP contribution in [0.2, 0.25) is 0 Å². The van der Waals surface area contributed by atoms with Gasteiger partial charge in [0.1, 0.15) is 0 Å². The first-order valence-corrected chi connectivity index (χ1v) is 4.06. The second kappa shape index (κ2) is 3.55. The van der Waals surface area contributed by atoms with Crippen molar-refractivity contribution in [1.29, 1.82) is 0 Å². The van der Waals surface area contributed by atoms with Crippen LogP contribution in [0, 0.1) is 6.92 Å². The van der Waals surface area contributed by atoms with Crippen LogP contribution in [0.25, 0.3) is 6.08 Å². The van der Waals surface area contributed by atoms with Gasteiger partial charge >= 0.3 is 0 Å². The fourth-order valence-corrected chi connectivity index (χ4v) is 1.25. The first-order chi connectivity index (χ1) is 5.65. The van der Waals surface area contributed by atoms with E-state index in [1.165, 1.54) is 5.56 Å². The molecule has 0 heterocycles. The zero-order valence-corrected chi connectivity index (χ0v) is 7.54. The Morgan fingerprint density at radius 3 is 2.67 bits per heavy atom.